The van der Waals surface area contributed by atoms with Gasteiger partial charge in [0.05, 0.1) is 5.71 Å². The summed E-state index contributed by atoms with van der Waals surface area (Å²) in [4.78, 5) is 11.7. The Morgan fingerprint density at radius 1 is 1.35 bits per heavy atom. The Balaban J connectivity index is 2.20. The number of hydrogen-bond donors (Lipinski definition) is 1. The van der Waals surface area contributed by atoms with E-state index in [9.17, 15) is 13.6 Å². The van der Waals surface area contributed by atoms with Crippen LogP contribution in [0.4, 0.5) is 8.78 Å². The molecular weight excluding hydrogens is 226 g/mol. The van der Waals surface area contributed by atoms with Gasteiger partial charge >= 0.3 is 0 Å². The SMILES string of the molecule is O=C1NN=C2c3ccccc3CCC12C(F)F. The molecular formula is C12H10F2N2O. The van der Waals surface area contributed by atoms with E-state index in [0.717, 1.165) is 5.56 Å². The van der Waals surface area contributed by atoms with Crippen LogP contribution in [0, 0.1) is 5.41 Å². The van der Waals surface area contributed by atoms with E-state index in [1.807, 2.05) is 12.1 Å². The predicted molar refractivity (Wildman–Crippen MR) is 57.9 cm³/mol. The molecule has 1 aliphatic heterocycles. The molecule has 0 saturated carbocycles. The van der Waals surface area contributed by atoms with Crippen molar-refractivity contribution in [3.8, 4) is 0 Å². The van der Waals surface area contributed by atoms with Crippen LogP contribution in [0.5, 0.6) is 0 Å². The molecule has 0 fully saturated rings. The Hall–Kier alpha value is -1.78. The lowest BCUT2D eigenvalue weighted by Gasteiger charge is -2.32. The summed E-state index contributed by atoms with van der Waals surface area (Å²) in [6.07, 6.45) is -2.13. The maximum atomic E-state index is 13.3. The monoisotopic (exact) mass is 236 g/mol. The van der Waals surface area contributed by atoms with Crippen molar-refractivity contribution in [2.45, 2.75) is 19.3 Å². The molecule has 1 amide bonds. The second-order valence-corrected chi connectivity index (χ2v) is 4.33. The Morgan fingerprint density at radius 2 is 2.12 bits per heavy atom. The minimum Gasteiger partial charge on any atom is -0.272 e. The molecule has 2 aliphatic rings. The summed E-state index contributed by atoms with van der Waals surface area (Å²) in [7, 11) is 0. The van der Waals surface area contributed by atoms with Crippen LogP contribution in [0.3, 0.4) is 0 Å². The molecule has 1 atom stereocenters. The molecule has 1 aliphatic carbocycles. The molecule has 5 heteroatoms. The van der Waals surface area contributed by atoms with Gasteiger partial charge in [0.15, 0.2) is 5.41 Å². The number of alkyl halides is 2. The fourth-order valence-electron chi connectivity index (χ4n) is 2.56. The molecule has 3 nitrogen and oxygen atoms in total. The van der Waals surface area contributed by atoms with Crippen molar-refractivity contribution in [2.24, 2.45) is 10.5 Å². The van der Waals surface area contributed by atoms with Crippen LogP contribution in [0.25, 0.3) is 0 Å². The van der Waals surface area contributed by atoms with Gasteiger partial charge in [0.1, 0.15) is 0 Å². The van der Waals surface area contributed by atoms with Crippen molar-refractivity contribution in [1.82, 2.24) is 5.43 Å². The molecule has 0 aromatic heterocycles. The van der Waals surface area contributed by atoms with Crippen LogP contribution in [0.1, 0.15) is 17.5 Å². The summed E-state index contributed by atoms with van der Waals surface area (Å²) in [6.45, 7) is 0. The van der Waals surface area contributed by atoms with E-state index >= 15 is 0 Å². The topological polar surface area (TPSA) is 41.5 Å². The molecule has 1 aromatic rings. The number of nitrogens with one attached hydrogen (secondary N) is 1. The van der Waals surface area contributed by atoms with Gasteiger partial charge in [-0.05, 0) is 18.4 Å². The molecule has 3 rings (SSSR count). The molecule has 0 saturated heterocycles. The third kappa shape index (κ3) is 1.19. The van der Waals surface area contributed by atoms with E-state index in [-0.39, 0.29) is 12.1 Å². The molecule has 1 N–H and O–H groups in total. The highest BCUT2D eigenvalue weighted by Crippen LogP contribution is 2.43. The number of benzene rings is 1. The first-order chi connectivity index (χ1) is 8.16. The molecule has 1 heterocycles. The lowest BCUT2D eigenvalue weighted by molar-refractivity contribution is -0.133. The van der Waals surface area contributed by atoms with E-state index in [2.05, 4.69) is 10.5 Å². The predicted octanol–water partition coefficient (Wildman–Crippen LogP) is 1.72. The van der Waals surface area contributed by atoms with Gasteiger partial charge in [0.2, 0.25) is 0 Å². The Labute approximate surface area is 96.5 Å². The molecule has 0 radical (unpaired) electrons. The van der Waals surface area contributed by atoms with Gasteiger partial charge in [0, 0.05) is 5.56 Å². The standard InChI is InChI=1S/C12H10F2N2O/c13-10(14)12-6-5-7-3-1-2-4-8(7)9(12)15-16-11(12)17/h1-4,10H,5-6H2,(H,16,17). The van der Waals surface area contributed by atoms with E-state index in [0.29, 0.717) is 12.0 Å². The van der Waals surface area contributed by atoms with Crippen LogP contribution >= 0.6 is 0 Å². The minimum atomic E-state index is -2.72. The zero-order valence-corrected chi connectivity index (χ0v) is 8.91. The largest absolute Gasteiger partial charge is 0.272 e. The third-order valence-electron chi connectivity index (χ3n) is 3.53. The van der Waals surface area contributed by atoms with Gasteiger partial charge in [-0.1, -0.05) is 24.3 Å². The fraction of sp³-hybridized carbons (Fsp3) is 0.333. The summed E-state index contributed by atoms with van der Waals surface area (Å²) >= 11 is 0. The number of nitrogens with zero attached hydrogens (tertiary/aromatic N) is 1. The van der Waals surface area contributed by atoms with Crippen LogP contribution < -0.4 is 5.43 Å². The number of hydrazone groups is 1. The fourth-order valence-corrected chi connectivity index (χ4v) is 2.56. The maximum absolute atomic E-state index is 13.3. The first-order valence-electron chi connectivity index (χ1n) is 5.41. The second-order valence-electron chi connectivity index (χ2n) is 4.33. The second kappa shape index (κ2) is 3.35. The first-order valence-corrected chi connectivity index (χ1v) is 5.41. The highest BCUT2D eigenvalue weighted by Gasteiger charge is 2.56. The van der Waals surface area contributed by atoms with Crippen molar-refractivity contribution in [3.05, 3.63) is 35.4 Å². The van der Waals surface area contributed by atoms with Crippen molar-refractivity contribution >= 4 is 11.6 Å². The van der Waals surface area contributed by atoms with E-state index in [1.54, 1.807) is 12.1 Å². The first kappa shape index (κ1) is 10.4. The van der Waals surface area contributed by atoms with Gasteiger partial charge in [-0.25, -0.2) is 14.2 Å². The zero-order chi connectivity index (χ0) is 12.0. The van der Waals surface area contributed by atoms with Gasteiger partial charge in [-0.15, -0.1) is 0 Å². The lowest BCUT2D eigenvalue weighted by atomic mass is 9.70. The average Bonchev–Trinajstić information content (AvgIpc) is 2.68. The van der Waals surface area contributed by atoms with Crippen molar-refractivity contribution < 1.29 is 13.6 Å². The number of rotatable bonds is 1. The molecule has 1 unspecified atom stereocenters. The summed E-state index contributed by atoms with van der Waals surface area (Å²) in [5.41, 5.74) is 2.28. The number of amides is 1. The van der Waals surface area contributed by atoms with E-state index in [1.165, 1.54) is 0 Å². The summed E-state index contributed by atoms with van der Waals surface area (Å²) in [6, 6.07) is 7.26. The molecule has 0 bridgehead atoms. The lowest BCUT2D eigenvalue weighted by Crippen LogP contribution is -2.47. The quantitative estimate of drug-likeness (QED) is 0.792. The number of halogens is 2. The summed E-state index contributed by atoms with van der Waals surface area (Å²) in [5, 5.41) is 3.81. The number of aryl methyl sites for hydroxylation is 1. The summed E-state index contributed by atoms with van der Waals surface area (Å²) in [5.74, 6) is -0.683. The Bertz CT molecular complexity index is 527. The Morgan fingerprint density at radius 3 is 2.88 bits per heavy atom. The van der Waals surface area contributed by atoms with Gasteiger partial charge in [-0.3, -0.25) is 4.79 Å². The van der Waals surface area contributed by atoms with Gasteiger partial charge < -0.3 is 0 Å². The number of fused-ring (bicyclic) bond motifs is 3. The van der Waals surface area contributed by atoms with Crippen molar-refractivity contribution in [2.75, 3.05) is 0 Å². The van der Waals surface area contributed by atoms with Crippen LogP contribution in [0.2, 0.25) is 0 Å². The number of carbonyl (C=O) groups is 1. The summed E-state index contributed by atoms with van der Waals surface area (Å²) < 4.78 is 26.5. The highest BCUT2D eigenvalue weighted by molar-refractivity contribution is 6.21. The maximum Gasteiger partial charge on any atom is 0.258 e. The van der Waals surface area contributed by atoms with E-state index < -0.39 is 17.7 Å². The van der Waals surface area contributed by atoms with Gasteiger partial charge in [-0.2, -0.15) is 5.10 Å². The van der Waals surface area contributed by atoms with Crippen LogP contribution in [0.15, 0.2) is 29.4 Å². The molecule has 88 valence electrons. The van der Waals surface area contributed by atoms with Crippen LogP contribution in [-0.4, -0.2) is 18.0 Å². The number of hydrogen-bond acceptors (Lipinski definition) is 2. The molecule has 1 aromatic carbocycles. The normalized spacial score (nSPS) is 26.3. The third-order valence-corrected chi connectivity index (χ3v) is 3.53. The smallest absolute Gasteiger partial charge is 0.258 e. The molecule has 0 spiro atoms. The average molecular weight is 236 g/mol. The van der Waals surface area contributed by atoms with E-state index in [4.69, 9.17) is 0 Å². The highest BCUT2D eigenvalue weighted by atomic mass is 19.3. The number of carbonyl (C=O) groups excluding carboxylic acids is 1. The van der Waals surface area contributed by atoms with Crippen molar-refractivity contribution in [1.29, 1.82) is 0 Å². The van der Waals surface area contributed by atoms with Gasteiger partial charge in [0.25, 0.3) is 12.3 Å². The Kier molecular flexibility index (Phi) is 2.05. The zero-order valence-electron chi connectivity index (χ0n) is 8.91. The molecule has 17 heavy (non-hydrogen) atoms. The van der Waals surface area contributed by atoms with Crippen molar-refractivity contribution in [3.63, 3.8) is 0 Å². The van der Waals surface area contributed by atoms with Crippen LogP contribution in [-0.2, 0) is 11.2 Å². The minimum absolute atomic E-state index is 0.117.